The standard InChI is InChI=1S/C22H30N2O5/c1-4-28-20-10-7-19(8-11-20)9-12-21(26)23-14-5-6-15-24-22(27)17(2)13-16-29-18(3)25/h7-13H,4-6,14-16H2,1-3H3,(H,23,26)(H,24,27)/b12-9+,17-13+. The first-order valence-corrected chi connectivity index (χ1v) is 9.69. The van der Waals surface area contributed by atoms with Crippen LogP contribution in [0.5, 0.6) is 5.75 Å². The van der Waals surface area contributed by atoms with Crippen LogP contribution in [0, 0.1) is 0 Å². The van der Waals surface area contributed by atoms with Gasteiger partial charge in [0.1, 0.15) is 12.4 Å². The SMILES string of the molecule is CCOc1ccc(/C=C/C(=O)NCCCCNC(=O)/C(C)=C/COC(C)=O)cc1. The van der Waals surface area contributed by atoms with Crippen molar-refractivity contribution in [2.24, 2.45) is 0 Å². The molecule has 0 heterocycles. The van der Waals surface area contributed by atoms with Crippen molar-refractivity contribution in [3.8, 4) is 5.75 Å². The Morgan fingerprint density at radius 2 is 1.66 bits per heavy atom. The Balaban J connectivity index is 2.17. The van der Waals surface area contributed by atoms with E-state index in [9.17, 15) is 14.4 Å². The molecule has 2 amide bonds. The summed E-state index contributed by atoms with van der Waals surface area (Å²) in [5.41, 5.74) is 1.42. The minimum absolute atomic E-state index is 0.0881. The fraction of sp³-hybridized carbons (Fsp3) is 0.409. The smallest absolute Gasteiger partial charge is 0.302 e. The number of rotatable bonds is 12. The molecule has 0 aliphatic heterocycles. The normalized spacial score (nSPS) is 11.2. The van der Waals surface area contributed by atoms with E-state index < -0.39 is 0 Å². The van der Waals surface area contributed by atoms with Gasteiger partial charge in [-0.05, 0) is 56.5 Å². The van der Waals surface area contributed by atoms with Crippen LogP contribution in [0.25, 0.3) is 6.08 Å². The lowest BCUT2D eigenvalue weighted by atomic mass is 10.2. The summed E-state index contributed by atoms with van der Waals surface area (Å²) >= 11 is 0. The highest BCUT2D eigenvalue weighted by molar-refractivity contribution is 5.92. The van der Waals surface area contributed by atoms with Crippen LogP contribution in [-0.2, 0) is 19.1 Å². The molecule has 1 rings (SSSR count). The Morgan fingerprint density at radius 3 is 2.28 bits per heavy atom. The maximum atomic E-state index is 11.8. The van der Waals surface area contributed by atoms with Crippen molar-refractivity contribution in [3.05, 3.63) is 47.6 Å². The number of amides is 2. The van der Waals surface area contributed by atoms with E-state index in [1.807, 2.05) is 31.2 Å². The molecular weight excluding hydrogens is 372 g/mol. The highest BCUT2D eigenvalue weighted by Gasteiger charge is 2.03. The van der Waals surface area contributed by atoms with E-state index in [4.69, 9.17) is 9.47 Å². The van der Waals surface area contributed by atoms with Crippen molar-refractivity contribution in [2.45, 2.75) is 33.6 Å². The number of nitrogens with one attached hydrogen (secondary N) is 2. The van der Waals surface area contributed by atoms with Crippen LogP contribution in [0.15, 0.2) is 42.0 Å². The van der Waals surface area contributed by atoms with E-state index in [1.54, 1.807) is 19.1 Å². The monoisotopic (exact) mass is 402 g/mol. The van der Waals surface area contributed by atoms with Gasteiger partial charge in [-0.15, -0.1) is 0 Å². The first-order valence-electron chi connectivity index (χ1n) is 9.69. The van der Waals surface area contributed by atoms with Crippen molar-refractivity contribution in [1.29, 1.82) is 0 Å². The Labute approximate surface area is 172 Å². The molecule has 0 aliphatic carbocycles. The van der Waals surface area contributed by atoms with Gasteiger partial charge in [0.2, 0.25) is 11.8 Å². The van der Waals surface area contributed by atoms with Crippen LogP contribution >= 0.6 is 0 Å². The lowest BCUT2D eigenvalue weighted by molar-refractivity contribution is -0.139. The molecule has 0 bridgehead atoms. The molecule has 0 aliphatic rings. The number of esters is 1. The number of unbranched alkanes of at least 4 members (excludes halogenated alkanes) is 1. The van der Waals surface area contributed by atoms with Gasteiger partial charge in [-0.1, -0.05) is 12.1 Å². The average molecular weight is 402 g/mol. The molecule has 2 N–H and O–H groups in total. The third kappa shape index (κ3) is 11.4. The van der Waals surface area contributed by atoms with E-state index >= 15 is 0 Å². The highest BCUT2D eigenvalue weighted by Crippen LogP contribution is 2.12. The average Bonchev–Trinajstić information content (AvgIpc) is 2.69. The molecule has 29 heavy (non-hydrogen) atoms. The number of carbonyl (C=O) groups is 3. The predicted molar refractivity (Wildman–Crippen MR) is 112 cm³/mol. The highest BCUT2D eigenvalue weighted by atomic mass is 16.5. The third-order valence-corrected chi connectivity index (χ3v) is 3.84. The summed E-state index contributed by atoms with van der Waals surface area (Å²) in [6, 6.07) is 7.51. The zero-order valence-electron chi connectivity index (χ0n) is 17.3. The second-order valence-corrected chi connectivity index (χ2v) is 6.28. The number of hydrogen-bond donors (Lipinski definition) is 2. The van der Waals surface area contributed by atoms with E-state index in [0.29, 0.717) is 25.3 Å². The summed E-state index contributed by atoms with van der Waals surface area (Å²) in [6.45, 7) is 6.66. The lowest BCUT2D eigenvalue weighted by Gasteiger charge is -2.06. The summed E-state index contributed by atoms with van der Waals surface area (Å²) in [4.78, 5) is 34.3. The Morgan fingerprint density at radius 1 is 1.00 bits per heavy atom. The quantitative estimate of drug-likeness (QED) is 0.318. The Hall–Kier alpha value is -3.09. The predicted octanol–water partition coefficient (Wildman–Crippen LogP) is 2.62. The summed E-state index contributed by atoms with van der Waals surface area (Å²) in [6.07, 6.45) is 6.30. The largest absolute Gasteiger partial charge is 0.494 e. The topological polar surface area (TPSA) is 93.7 Å². The van der Waals surface area contributed by atoms with Gasteiger partial charge in [0.25, 0.3) is 0 Å². The lowest BCUT2D eigenvalue weighted by Crippen LogP contribution is -2.27. The van der Waals surface area contributed by atoms with Crippen LogP contribution < -0.4 is 15.4 Å². The van der Waals surface area contributed by atoms with Gasteiger partial charge in [0.15, 0.2) is 0 Å². The van der Waals surface area contributed by atoms with Crippen molar-refractivity contribution >= 4 is 23.9 Å². The first-order chi connectivity index (χ1) is 13.9. The molecule has 0 aromatic heterocycles. The second-order valence-electron chi connectivity index (χ2n) is 6.28. The van der Waals surface area contributed by atoms with Crippen molar-refractivity contribution in [3.63, 3.8) is 0 Å². The molecule has 0 fully saturated rings. The molecule has 7 nitrogen and oxygen atoms in total. The van der Waals surface area contributed by atoms with E-state index in [0.717, 1.165) is 24.2 Å². The summed E-state index contributed by atoms with van der Waals surface area (Å²) in [5.74, 6) is 0.0637. The van der Waals surface area contributed by atoms with Crippen LogP contribution in [0.2, 0.25) is 0 Å². The van der Waals surface area contributed by atoms with Gasteiger partial charge >= 0.3 is 5.97 Å². The number of carbonyl (C=O) groups excluding carboxylic acids is 3. The van der Waals surface area contributed by atoms with Crippen molar-refractivity contribution in [1.82, 2.24) is 10.6 Å². The summed E-state index contributed by atoms with van der Waals surface area (Å²) in [7, 11) is 0. The third-order valence-electron chi connectivity index (χ3n) is 3.84. The maximum Gasteiger partial charge on any atom is 0.302 e. The first kappa shape index (κ1) is 23.9. The zero-order valence-corrected chi connectivity index (χ0v) is 17.3. The molecule has 0 atom stereocenters. The molecule has 0 saturated carbocycles. The molecule has 0 unspecified atom stereocenters. The van der Waals surface area contributed by atoms with Crippen molar-refractivity contribution in [2.75, 3.05) is 26.3 Å². The van der Waals surface area contributed by atoms with Crippen LogP contribution in [0.4, 0.5) is 0 Å². The maximum absolute atomic E-state index is 11.8. The molecule has 158 valence electrons. The van der Waals surface area contributed by atoms with E-state index in [-0.39, 0.29) is 24.4 Å². The van der Waals surface area contributed by atoms with Gasteiger partial charge in [0.05, 0.1) is 6.61 Å². The number of hydrogen-bond acceptors (Lipinski definition) is 5. The molecule has 0 saturated heterocycles. The molecular formula is C22H30N2O5. The zero-order chi connectivity index (χ0) is 21.5. The molecule has 0 spiro atoms. The summed E-state index contributed by atoms with van der Waals surface area (Å²) < 4.78 is 10.1. The van der Waals surface area contributed by atoms with Crippen LogP contribution in [0.3, 0.4) is 0 Å². The van der Waals surface area contributed by atoms with Crippen molar-refractivity contribution < 1.29 is 23.9 Å². The minimum Gasteiger partial charge on any atom is -0.494 e. The molecule has 7 heteroatoms. The van der Waals surface area contributed by atoms with Gasteiger partial charge in [-0.2, -0.15) is 0 Å². The fourth-order valence-electron chi connectivity index (χ4n) is 2.25. The van der Waals surface area contributed by atoms with Gasteiger partial charge in [-0.3, -0.25) is 14.4 Å². The Bertz CT molecular complexity index is 723. The van der Waals surface area contributed by atoms with Crippen LogP contribution in [0.1, 0.15) is 39.2 Å². The van der Waals surface area contributed by atoms with Gasteiger partial charge in [-0.25, -0.2) is 0 Å². The number of ether oxygens (including phenoxy) is 2. The van der Waals surface area contributed by atoms with Crippen LogP contribution in [-0.4, -0.2) is 44.1 Å². The Kier molecular flexibility index (Phi) is 11.5. The number of benzene rings is 1. The second kappa shape index (κ2) is 14.0. The van der Waals surface area contributed by atoms with E-state index in [1.165, 1.54) is 13.0 Å². The fourth-order valence-corrected chi connectivity index (χ4v) is 2.25. The van der Waals surface area contributed by atoms with E-state index in [2.05, 4.69) is 10.6 Å². The minimum atomic E-state index is -0.383. The summed E-state index contributed by atoms with van der Waals surface area (Å²) in [5, 5.41) is 5.60. The van der Waals surface area contributed by atoms with Gasteiger partial charge < -0.3 is 20.1 Å². The molecule has 1 aromatic carbocycles. The molecule has 1 aromatic rings. The van der Waals surface area contributed by atoms with Gasteiger partial charge in [0, 0.05) is 31.7 Å². The molecule has 0 radical (unpaired) electrons.